The van der Waals surface area contributed by atoms with Gasteiger partial charge in [-0.1, -0.05) is 0 Å². The molecule has 4 N–H and O–H groups in total. The van der Waals surface area contributed by atoms with Crippen molar-refractivity contribution in [3.05, 3.63) is 18.2 Å². The molecule has 1 amide bonds. The molecule has 0 aromatic heterocycles. The van der Waals surface area contributed by atoms with Crippen molar-refractivity contribution >= 4 is 17.3 Å². The van der Waals surface area contributed by atoms with Crippen LogP contribution in [0.15, 0.2) is 18.2 Å². The molecule has 2 rings (SSSR count). The summed E-state index contributed by atoms with van der Waals surface area (Å²) in [6.07, 6.45) is 1.41. The van der Waals surface area contributed by atoms with Crippen LogP contribution in [0.4, 0.5) is 11.4 Å². The summed E-state index contributed by atoms with van der Waals surface area (Å²) in [4.78, 5) is 11.1. The predicted octanol–water partition coefficient (Wildman–Crippen LogP) is 1.36. The molecule has 0 saturated carbocycles. The highest BCUT2D eigenvalue weighted by Crippen LogP contribution is 2.24. The summed E-state index contributed by atoms with van der Waals surface area (Å²) in [5.74, 6) is 0.885. The lowest BCUT2D eigenvalue weighted by Crippen LogP contribution is -2.41. The number of hydrogen-bond acceptors (Lipinski definition) is 4. The van der Waals surface area contributed by atoms with Gasteiger partial charge in [0, 0.05) is 42.5 Å². The Morgan fingerprint density at radius 1 is 1.50 bits per heavy atom. The predicted molar refractivity (Wildman–Crippen MR) is 71.7 cm³/mol. The summed E-state index contributed by atoms with van der Waals surface area (Å²) >= 11 is 0. The first-order valence-electron chi connectivity index (χ1n) is 6.24. The van der Waals surface area contributed by atoms with E-state index in [1.807, 2.05) is 19.1 Å². The van der Waals surface area contributed by atoms with Gasteiger partial charge in [-0.05, 0) is 19.4 Å². The number of hydrogen-bond donors (Lipinski definition) is 3. The zero-order chi connectivity index (χ0) is 13.0. The molecule has 1 saturated heterocycles. The van der Waals surface area contributed by atoms with Crippen molar-refractivity contribution in [1.29, 1.82) is 0 Å². The highest BCUT2D eigenvalue weighted by atomic mass is 16.5. The van der Waals surface area contributed by atoms with Crippen LogP contribution in [-0.4, -0.2) is 25.1 Å². The zero-order valence-electron chi connectivity index (χ0n) is 10.5. The van der Waals surface area contributed by atoms with Gasteiger partial charge in [0.05, 0.1) is 6.61 Å². The maximum Gasteiger partial charge on any atom is 0.220 e. The second-order valence-electron chi connectivity index (χ2n) is 4.41. The van der Waals surface area contributed by atoms with Gasteiger partial charge in [-0.3, -0.25) is 4.79 Å². The molecule has 5 nitrogen and oxygen atoms in total. The van der Waals surface area contributed by atoms with Gasteiger partial charge >= 0.3 is 0 Å². The summed E-state index contributed by atoms with van der Waals surface area (Å²) in [5.41, 5.74) is 7.43. The Morgan fingerprint density at radius 2 is 2.33 bits per heavy atom. The Labute approximate surface area is 107 Å². The van der Waals surface area contributed by atoms with Gasteiger partial charge in [0.15, 0.2) is 0 Å². The van der Waals surface area contributed by atoms with E-state index in [0.29, 0.717) is 25.3 Å². The maximum atomic E-state index is 11.1. The van der Waals surface area contributed by atoms with E-state index in [1.54, 1.807) is 6.07 Å². The molecule has 0 spiro atoms. The van der Waals surface area contributed by atoms with Gasteiger partial charge in [0.2, 0.25) is 5.91 Å². The first kappa shape index (κ1) is 12.5. The third-order valence-corrected chi connectivity index (χ3v) is 2.88. The molecule has 1 unspecified atom stereocenters. The standard InChI is InChI=1S/C13H19N3O2/c1-2-18-12-6-9(14)5-11(7-12)16-10-3-4-13(17)15-8-10/h5-7,10,16H,2-4,8,14H2,1H3,(H,15,17). The molecule has 1 fully saturated rings. The van der Waals surface area contributed by atoms with E-state index < -0.39 is 0 Å². The number of benzene rings is 1. The molecule has 18 heavy (non-hydrogen) atoms. The Kier molecular flexibility index (Phi) is 3.92. The number of carbonyl (C=O) groups is 1. The van der Waals surface area contributed by atoms with Crippen molar-refractivity contribution in [3.63, 3.8) is 0 Å². The third-order valence-electron chi connectivity index (χ3n) is 2.88. The number of piperidine rings is 1. The van der Waals surface area contributed by atoms with E-state index in [1.165, 1.54) is 0 Å². The van der Waals surface area contributed by atoms with Gasteiger partial charge in [-0.2, -0.15) is 0 Å². The van der Waals surface area contributed by atoms with Crippen LogP contribution < -0.4 is 21.1 Å². The molecule has 1 aromatic carbocycles. The Hall–Kier alpha value is -1.91. The summed E-state index contributed by atoms with van der Waals surface area (Å²) < 4.78 is 5.44. The first-order valence-corrected chi connectivity index (χ1v) is 6.24. The normalized spacial score (nSPS) is 19.2. The summed E-state index contributed by atoms with van der Waals surface area (Å²) in [7, 11) is 0. The van der Waals surface area contributed by atoms with Gasteiger partial charge in [-0.15, -0.1) is 0 Å². The molecule has 0 bridgehead atoms. The highest BCUT2D eigenvalue weighted by molar-refractivity contribution is 5.77. The molecule has 1 aromatic rings. The van der Waals surface area contributed by atoms with Crippen LogP contribution in [0.2, 0.25) is 0 Å². The Bertz CT molecular complexity index is 424. The zero-order valence-corrected chi connectivity index (χ0v) is 10.5. The number of nitrogens with one attached hydrogen (secondary N) is 2. The molecule has 1 atom stereocenters. The molecule has 98 valence electrons. The van der Waals surface area contributed by atoms with E-state index in [0.717, 1.165) is 17.9 Å². The van der Waals surface area contributed by atoms with E-state index in [9.17, 15) is 4.79 Å². The number of ether oxygens (including phenoxy) is 1. The van der Waals surface area contributed by atoms with Crippen LogP contribution in [0, 0.1) is 0 Å². The minimum atomic E-state index is 0.121. The fraction of sp³-hybridized carbons (Fsp3) is 0.462. The van der Waals surface area contributed by atoms with Gasteiger partial charge in [-0.25, -0.2) is 0 Å². The van der Waals surface area contributed by atoms with E-state index >= 15 is 0 Å². The fourth-order valence-corrected chi connectivity index (χ4v) is 2.05. The topological polar surface area (TPSA) is 76.4 Å². The molecule has 5 heteroatoms. The van der Waals surface area contributed by atoms with Crippen LogP contribution >= 0.6 is 0 Å². The molecule has 1 aliphatic heterocycles. The molecular weight excluding hydrogens is 230 g/mol. The van der Waals surface area contributed by atoms with E-state index in [2.05, 4.69) is 10.6 Å². The van der Waals surface area contributed by atoms with Crippen LogP contribution in [0.1, 0.15) is 19.8 Å². The Morgan fingerprint density at radius 3 is 3.00 bits per heavy atom. The lowest BCUT2D eigenvalue weighted by Gasteiger charge is -2.24. The SMILES string of the molecule is CCOc1cc(N)cc(NC2CCC(=O)NC2)c1. The van der Waals surface area contributed by atoms with Crippen molar-refractivity contribution in [2.75, 3.05) is 24.2 Å². The minimum Gasteiger partial charge on any atom is -0.494 e. The van der Waals surface area contributed by atoms with Crippen molar-refractivity contribution in [3.8, 4) is 5.75 Å². The van der Waals surface area contributed by atoms with Crippen LogP contribution in [0.25, 0.3) is 0 Å². The van der Waals surface area contributed by atoms with Gasteiger partial charge in [0.1, 0.15) is 5.75 Å². The maximum absolute atomic E-state index is 11.1. The van der Waals surface area contributed by atoms with Gasteiger partial charge in [0.25, 0.3) is 0 Å². The van der Waals surface area contributed by atoms with Crippen molar-refractivity contribution in [2.24, 2.45) is 0 Å². The number of rotatable bonds is 4. The summed E-state index contributed by atoms with van der Waals surface area (Å²) in [6.45, 7) is 3.20. The molecule has 1 heterocycles. The van der Waals surface area contributed by atoms with Crippen LogP contribution in [-0.2, 0) is 4.79 Å². The quantitative estimate of drug-likeness (QED) is 0.704. The van der Waals surface area contributed by atoms with E-state index in [4.69, 9.17) is 10.5 Å². The number of nitrogens with two attached hydrogens (primary N) is 1. The van der Waals surface area contributed by atoms with Crippen molar-refractivity contribution in [2.45, 2.75) is 25.8 Å². The second kappa shape index (κ2) is 5.62. The largest absolute Gasteiger partial charge is 0.494 e. The monoisotopic (exact) mass is 249 g/mol. The summed E-state index contributed by atoms with van der Waals surface area (Å²) in [5, 5.41) is 6.21. The smallest absolute Gasteiger partial charge is 0.220 e. The lowest BCUT2D eigenvalue weighted by atomic mass is 10.1. The third kappa shape index (κ3) is 3.29. The highest BCUT2D eigenvalue weighted by Gasteiger charge is 2.17. The number of nitrogen functional groups attached to an aromatic ring is 1. The minimum absolute atomic E-state index is 0.121. The Balaban J connectivity index is 2.02. The number of anilines is 2. The molecule has 0 aliphatic carbocycles. The summed E-state index contributed by atoms with van der Waals surface area (Å²) in [6, 6.07) is 5.85. The van der Waals surface area contributed by atoms with Crippen molar-refractivity contribution < 1.29 is 9.53 Å². The molecule has 0 radical (unpaired) electrons. The number of amides is 1. The fourth-order valence-electron chi connectivity index (χ4n) is 2.05. The molecular formula is C13H19N3O2. The average Bonchev–Trinajstić information content (AvgIpc) is 2.32. The van der Waals surface area contributed by atoms with Crippen LogP contribution in [0.3, 0.4) is 0 Å². The second-order valence-corrected chi connectivity index (χ2v) is 4.41. The van der Waals surface area contributed by atoms with Crippen molar-refractivity contribution in [1.82, 2.24) is 5.32 Å². The number of carbonyl (C=O) groups excluding carboxylic acids is 1. The van der Waals surface area contributed by atoms with E-state index in [-0.39, 0.29) is 11.9 Å². The van der Waals surface area contributed by atoms with Crippen LogP contribution in [0.5, 0.6) is 5.75 Å². The lowest BCUT2D eigenvalue weighted by molar-refractivity contribution is -0.122. The van der Waals surface area contributed by atoms with Gasteiger partial charge < -0.3 is 21.1 Å². The first-order chi connectivity index (χ1) is 8.67. The molecule has 1 aliphatic rings. The average molecular weight is 249 g/mol.